The van der Waals surface area contributed by atoms with Crippen molar-refractivity contribution in [2.75, 3.05) is 6.61 Å². The van der Waals surface area contributed by atoms with Crippen molar-refractivity contribution >= 4 is 11.9 Å². The molecule has 0 spiro atoms. The summed E-state index contributed by atoms with van der Waals surface area (Å²) >= 11 is 0. The summed E-state index contributed by atoms with van der Waals surface area (Å²) in [5, 5.41) is 9.22. The van der Waals surface area contributed by atoms with Gasteiger partial charge in [0.2, 0.25) is 0 Å². The van der Waals surface area contributed by atoms with E-state index >= 15 is 0 Å². The van der Waals surface area contributed by atoms with E-state index in [0.29, 0.717) is 17.7 Å². The van der Waals surface area contributed by atoms with Crippen LogP contribution in [0.25, 0.3) is 11.1 Å². The molecule has 6 nitrogen and oxygen atoms in total. The summed E-state index contributed by atoms with van der Waals surface area (Å²) in [5.74, 6) is 0.338. The third-order valence-electron chi connectivity index (χ3n) is 6.47. The fourth-order valence-electron chi connectivity index (χ4n) is 3.67. The largest absolute Gasteiger partial charge is 0.494 e. The first-order chi connectivity index (χ1) is 18.4. The normalized spacial score (nSPS) is 12.2. The number of hydrogen-bond donors (Lipinski definition) is 0. The fraction of sp³-hybridized carbons (Fsp3) is 0.344. The van der Waals surface area contributed by atoms with Crippen molar-refractivity contribution in [3.8, 4) is 34.4 Å². The zero-order chi connectivity index (χ0) is 27.4. The Kier molecular flexibility index (Phi) is 10.5. The Morgan fingerprint density at radius 1 is 0.737 bits per heavy atom. The van der Waals surface area contributed by atoms with Gasteiger partial charge in [0.15, 0.2) is 5.41 Å². The van der Waals surface area contributed by atoms with Gasteiger partial charge in [-0.3, -0.25) is 0 Å². The molecule has 0 aliphatic carbocycles. The van der Waals surface area contributed by atoms with Crippen molar-refractivity contribution in [3.63, 3.8) is 0 Å². The minimum Gasteiger partial charge on any atom is -0.494 e. The van der Waals surface area contributed by atoms with Gasteiger partial charge in [-0.15, -0.1) is 0 Å². The van der Waals surface area contributed by atoms with E-state index in [9.17, 15) is 14.9 Å². The third-order valence-corrected chi connectivity index (χ3v) is 6.47. The summed E-state index contributed by atoms with van der Waals surface area (Å²) in [6, 6.07) is 23.3. The van der Waals surface area contributed by atoms with Gasteiger partial charge in [-0.25, -0.2) is 9.59 Å². The molecule has 1 unspecified atom stereocenters. The topological polar surface area (TPSA) is 85.6 Å². The average molecular weight is 514 g/mol. The highest BCUT2D eigenvalue weighted by atomic mass is 16.5. The maximum atomic E-state index is 12.6. The van der Waals surface area contributed by atoms with E-state index in [1.807, 2.05) is 42.5 Å². The number of nitrogens with zero attached hydrogens (tertiary/aromatic N) is 1. The molecule has 0 radical (unpaired) electrons. The summed E-state index contributed by atoms with van der Waals surface area (Å²) in [6.45, 7) is 6.23. The van der Waals surface area contributed by atoms with Crippen molar-refractivity contribution in [1.82, 2.24) is 0 Å². The van der Waals surface area contributed by atoms with Gasteiger partial charge in [0.05, 0.1) is 18.2 Å². The number of benzene rings is 3. The van der Waals surface area contributed by atoms with Gasteiger partial charge in [-0.1, -0.05) is 63.8 Å². The Bertz CT molecular complexity index is 1230. The number of carbonyl (C=O) groups is 2. The number of nitriles is 1. The van der Waals surface area contributed by atoms with E-state index in [1.54, 1.807) is 31.2 Å². The Balaban J connectivity index is 1.52. The SMILES string of the molecule is CCCCCCCOc1ccc(-c2ccc(C(=O)Oc3ccc(OC(=O)C(C)(C#N)CC)cc3)cc2)cc1. The summed E-state index contributed by atoms with van der Waals surface area (Å²) in [4.78, 5) is 24.8. The molecule has 3 rings (SSSR count). The molecular formula is C32H35NO5. The summed E-state index contributed by atoms with van der Waals surface area (Å²) < 4.78 is 16.6. The minimum absolute atomic E-state index is 0.275. The number of hydrogen-bond acceptors (Lipinski definition) is 6. The van der Waals surface area contributed by atoms with Crippen molar-refractivity contribution in [3.05, 3.63) is 78.4 Å². The lowest BCUT2D eigenvalue weighted by Crippen LogP contribution is -2.29. The summed E-state index contributed by atoms with van der Waals surface area (Å²) in [7, 11) is 0. The second-order valence-electron chi connectivity index (χ2n) is 9.41. The average Bonchev–Trinajstić information content (AvgIpc) is 2.95. The molecule has 3 aromatic carbocycles. The molecular weight excluding hydrogens is 478 g/mol. The Morgan fingerprint density at radius 2 is 1.26 bits per heavy atom. The van der Waals surface area contributed by atoms with Gasteiger partial charge < -0.3 is 14.2 Å². The molecule has 3 aromatic rings. The van der Waals surface area contributed by atoms with Crippen LogP contribution in [0.3, 0.4) is 0 Å². The van der Waals surface area contributed by atoms with Crippen LogP contribution in [-0.2, 0) is 4.79 Å². The van der Waals surface area contributed by atoms with E-state index < -0.39 is 17.4 Å². The van der Waals surface area contributed by atoms with E-state index in [0.717, 1.165) is 29.9 Å². The van der Waals surface area contributed by atoms with E-state index in [4.69, 9.17) is 14.2 Å². The number of ether oxygens (including phenoxy) is 3. The molecule has 0 N–H and O–H groups in total. The van der Waals surface area contributed by atoms with Crippen LogP contribution in [-0.4, -0.2) is 18.5 Å². The van der Waals surface area contributed by atoms with Crippen molar-refractivity contribution < 1.29 is 23.8 Å². The van der Waals surface area contributed by atoms with Gasteiger partial charge in [-0.05, 0) is 79.4 Å². The van der Waals surface area contributed by atoms with Gasteiger partial charge in [0.25, 0.3) is 0 Å². The highest BCUT2D eigenvalue weighted by Gasteiger charge is 2.33. The monoisotopic (exact) mass is 513 g/mol. The van der Waals surface area contributed by atoms with Gasteiger partial charge >= 0.3 is 11.9 Å². The minimum atomic E-state index is -1.21. The molecule has 0 fully saturated rings. The second-order valence-corrected chi connectivity index (χ2v) is 9.41. The first kappa shape index (κ1) is 28.5. The molecule has 0 aromatic heterocycles. The number of esters is 2. The van der Waals surface area contributed by atoms with Crippen LogP contribution in [0.4, 0.5) is 0 Å². The van der Waals surface area contributed by atoms with E-state index in [2.05, 4.69) is 6.92 Å². The molecule has 1 atom stereocenters. The molecule has 38 heavy (non-hydrogen) atoms. The molecule has 6 heteroatoms. The highest BCUT2D eigenvalue weighted by molar-refractivity contribution is 5.91. The maximum Gasteiger partial charge on any atom is 0.343 e. The maximum absolute atomic E-state index is 12.6. The zero-order valence-electron chi connectivity index (χ0n) is 22.4. The van der Waals surface area contributed by atoms with Crippen molar-refractivity contribution in [1.29, 1.82) is 5.26 Å². The van der Waals surface area contributed by atoms with E-state index in [-0.39, 0.29) is 5.75 Å². The molecule has 0 bridgehead atoms. The standard InChI is InChI=1S/C32H35NO5/c1-4-6-7-8-9-22-36-27-16-14-25(15-17-27)24-10-12-26(13-11-24)30(34)37-28-18-20-29(21-19-28)38-31(35)32(3,5-2)23-33/h10-21H,4-9,22H2,1-3H3. The summed E-state index contributed by atoms with van der Waals surface area (Å²) in [6.07, 6.45) is 6.38. The lowest BCUT2D eigenvalue weighted by molar-refractivity contribution is -0.142. The Hall–Kier alpha value is -4.11. The molecule has 0 aliphatic heterocycles. The molecule has 0 saturated carbocycles. The third kappa shape index (κ3) is 7.94. The quantitative estimate of drug-likeness (QED) is 0.132. The molecule has 0 heterocycles. The van der Waals surface area contributed by atoms with Crippen LogP contribution in [0, 0.1) is 16.7 Å². The molecule has 0 saturated heterocycles. The lowest BCUT2D eigenvalue weighted by Gasteiger charge is -2.17. The van der Waals surface area contributed by atoms with Crippen molar-refractivity contribution in [2.45, 2.75) is 59.3 Å². The van der Waals surface area contributed by atoms with Gasteiger partial charge in [0, 0.05) is 0 Å². The molecule has 198 valence electrons. The van der Waals surface area contributed by atoms with Crippen LogP contribution in [0.2, 0.25) is 0 Å². The van der Waals surface area contributed by atoms with Crippen LogP contribution in [0.5, 0.6) is 17.2 Å². The van der Waals surface area contributed by atoms with Crippen LogP contribution in [0.15, 0.2) is 72.8 Å². The number of unbranched alkanes of at least 4 members (excludes halogenated alkanes) is 4. The first-order valence-electron chi connectivity index (χ1n) is 13.2. The molecule has 0 amide bonds. The smallest absolute Gasteiger partial charge is 0.343 e. The first-order valence-corrected chi connectivity index (χ1v) is 13.2. The van der Waals surface area contributed by atoms with Crippen LogP contribution >= 0.6 is 0 Å². The predicted molar refractivity (Wildman–Crippen MR) is 147 cm³/mol. The Morgan fingerprint density at radius 3 is 1.82 bits per heavy atom. The summed E-state index contributed by atoms with van der Waals surface area (Å²) in [5.41, 5.74) is 1.22. The lowest BCUT2D eigenvalue weighted by atomic mass is 9.90. The molecule has 0 aliphatic rings. The highest BCUT2D eigenvalue weighted by Crippen LogP contribution is 2.26. The predicted octanol–water partition coefficient (Wildman–Crippen LogP) is 7.77. The second kappa shape index (κ2) is 14.0. The van der Waals surface area contributed by atoms with E-state index in [1.165, 1.54) is 44.7 Å². The number of carbonyl (C=O) groups excluding carboxylic acids is 2. The number of rotatable bonds is 13. The van der Waals surface area contributed by atoms with Gasteiger partial charge in [0.1, 0.15) is 17.2 Å². The van der Waals surface area contributed by atoms with Gasteiger partial charge in [-0.2, -0.15) is 5.26 Å². The fourth-order valence-corrected chi connectivity index (χ4v) is 3.67. The van der Waals surface area contributed by atoms with Crippen molar-refractivity contribution in [2.24, 2.45) is 5.41 Å². The van der Waals surface area contributed by atoms with Crippen LogP contribution in [0.1, 0.15) is 69.7 Å². The zero-order valence-corrected chi connectivity index (χ0v) is 22.4. The van der Waals surface area contributed by atoms with Crippen LogP contribution < -0.4 is 14.2 Å². The Labute approximate surface area is 225 Å².